The number of nitrogens with one attached hydrogen (secondary N) is 1. The molecule has 1 fully saturated rings. The van der Waals surface area contributed by atoms with Gasteiger partial charge in [-0.15, -0.1) is 0 Å². The molecule has 1 N–H and O–H groups in total. The first-order valence-corrected chi connectivity index (χ1v) is 7.94. The van der Waals surface area contributed by atoms with Crippen molar-refractivity contribution < 1.29 is 4.79 Å². The van der Waals surface area contributed by atoms with Gasteiger partial charge in [-0.2, -0.15) is 0 Å². The van der Waals surface area contributed by atoms with Crippen molar-refractivity contribution in [3.8, 4) is 0 Å². The van der Waals surface area contributed by atoms with E-state index in [-0.39, 0.29) is 11.3 Å². The van der Waals surface area contributed by atoms with E-state index in [1.807, 2.05) is 25.1 Å². The average molecular weight is 339 g/mol. The number of nitrogens with zero attached hydrogens (tertiary/aromatic N) is 1. The Balaban J connectivity index is 2.11. The minimum Gasteiger partial charge on any atom is -0.314 e. The summed E-state index contributed by atoms with van der Waals surface area (Å²) in [6.07, 6.45) is 0.560. The van der Waals surface area contributed by atoms with Crippen LogP contribution in [0.25, 0.3) is 0 Å². The topological polar surface area (TPSA) is 32.3 Å². The summed E-state index contributed by atoms with van der Waals surface area (Å²) < 4.78 is 0.964. The monoisotopic (exact) mass is 338 g/mol. The van der Waals surface area contributed by atoms with Crippen LogP contribution in [0.4, 0.5) is 0 Å². The molecule has 0 amide bonds. The predicted octanol–water partition coefficient (Wildman–Crippen LogP) is 3.01. The predicted molar refractivity (Wildman–Crippen MR) is 86.3 cm³/mol. The lowest BCUT2D eigenvalue weighted by molar-refractivity contribution is 0.0729. The van der Waals surface area contributed by atoms with Crippen molar-refractivity contribution in [2.24, 2.45) is 0 Å². The highest BCUT2D eigenvalue weighted by atomic mass is 79.9. The van der Waals surface area contributed by atoms with Gasteiger partial charge in [-0.3, -0.25) is 9.69 Å². The molecule has 0 aliphatic carbocycles. The number of ketones is 1. The van der Waals surface area contributed by atoms with Crippen LogP contribution in [0.2, 0.25) is 0 Å². The summed E-state index contributed by atoms with van der Waals surface area (Å²) in [6.45, 7) is 10.4. The summed E-state index contributed by atoms with van der Waals surface area (Å²) in [5.74, 6) is 0.229. The fourth-order valence-corrected chi connectivity index (χ4v) is 3.13. The molecular weight excluding hydrogens is 316 g/mol. The largest absolute Gasteiger partial charge is 0.314 e. The molecule has 3 nitrogen and oxygen atoms in total. The van der Waals surface area contributed by atoms with Gasteiger partial charge in [-0.25, -0.2) is 0 Å². The van der Waals surface area contributed by atoms with E-state index in [9.17, 15) is 4.79 Å². The molecule has 0 saturated carbocycles. The molecule has 1 aromatic rings. The number of carbonyl (C=O) groups excluding carboxylic acids is 1. The van der Waals surface area contributed by atoms with E-state index in [1.54, 1.807) is 0 Å². The van der Waals surface area contributed by atoms with Gasteiger partial charge in [0.15, 0.2) is 5.78 Å². The molecule has 0 spiro atoms. The first-order valence-electron chi connectivity index (χ1n) is 7.15. The summed E-state index contributed by atoms with van der Waals surface area (Å²) in [5.41, 5.74) is 1.80. The second kappa shape index (κ2) is 6.37. The maximum Gasteiger partial charge on any atom is 0.165 e. The van der Waals surface area contributed by atoms with Crippen LogP contribution < -0.4 is 5.32 Å². The van der Waals surface area contributed by atoms with Crippen LogP contribution in [0.1, 0.15) is 36.2 Å². The Morgan fingerprint density at radius 3 is 2.65 bits per heavy atom. The highest BCUT2D eigenvalue weighted by Gasteiger charge is 2.30. The maximum absolute atomic E-state index is 12.6. The molecule has 0 bridgehead atoms. The lowest BCUT2D eigenvalue weighted by Crippen LogP contribution is -2.54. The van der Waals surface area contributed by atoms with Gasteiger partial charge in [0.25, 0.3) is 0 Å². The third-order valence-corrected chi connectivity index (χ3v) is 4.56. The van der Waals surface area contributed by atoms with Gasteiger partial charge in [-0.05, 0) is 38.5 Å². The van der Waals surface area contributed by atoms with Crippen molar-refractivity contribution in [2.45, 2.75) is 32.7 Å². The highest BCUT2D eigenvalue weighted by Crippen LogP contribution is 2.24. The van der Waals surface area contributed by atoms with E-state index < -0.39 is 0 Å². The summed E-state index contributed by atoms with van der Waals surface area (Å²) in [7, 11) is 0. The first kappa shape index (κ1) is 15.7. The SMILES string of the molecule is Cc1ccc(Br)cc1C(=O)CC(C)(C)N1CCNCC1. The zero-order valence-electron chi connectivity index (χ0n) is 12.5. The van der Waals surface area contributed by atoms with Gasteiger partial charge in [0.05, 0.1) is 0 Å². The number of hydrogen-bond donors (Lipinski definition) is 1. The second-order valence-electron chi connectivity index (χ2n) is 6.11. The highest BCUT2D eigenvalue weighted by molar-refractivity contribution is 9.10. The minimum absolute atomic E-state index is 0.0893. The van der Waals surface area contributed by atoms with Crippen molar-refractivity contribution >= 4 is 21.7 Å². The second-order valence-corrected chi connectivity index (χ2v) is 7.02. The number of benzene rings is 1. The lowest BCUT2D eigenvalue weighted by atomic mass is 9.90. The van der Waals surface area contributed by atoms with Crippen molar-refractivity contribution in [3.63, 3.8) is 0 Å². The van der Waals surface area contributed by atoms with Crippen molar-refractivity contribution in [3.05, 3.63) is 33.8 Å². The molecule has 4 heteroatoms. The van der Waals surface area contributed by atoms with Crippen molar-refractivity contribution in [1.29, 1.82) is 0 Å². The Hall–Kier alpha value is -0.710. The number of carbonyl (C=O) groups is 1. The van der Waals surface area contributed by atoms with Gasteiger partial charge in [0, 0.05) is 48.2 Å². The van der Waals surface area contributed by atoms with Crippen LogP contribution in [0.15, 0.2) is 22.7 Å². The Kier molecular flexibility index (Phi) is 4.99. The van der Waals surface area contributed by atoms with Crippen LogP contribution in [0.3, 0.4) is 0 Å². The first-order chi connectivity index (χ1) is 9.40. The van der Waals surface area contributed by atoms with Gasteiger partial charge in [0.1, 0.15) is 0 Å². The summed E-state index contributed by atoms with van der Waals surface area (Å²) in [5, 5.41) is 3.36. The average Bonchev–Trinajstić information content (AvgIpc) is 2.42. The molecular formula is C16H23BrN2O. The van der Waals surface area contributed by atoms with E-state index in [2.05, 4.69) is 40.0 Å². The Morgan fingerprint density at radius 2 is 2.00 bits per heavy atom. The number of rotatable bonds is 4. The molecule has 1 aliphatic heterocycles. The lowest BCUT2D eigenvalue weighted by Gasteiger charge is -2.41. The number of Topliss-reactive ketones (excluding diaryl/α,β-unsaturated/α-hetero) is 1. The molecule has 1 heterocycles. The Bertz CT molecular complexity index is 493. The van der Waals surface area contributed by atoms with Gasteiger partial charge >= 0.3 is 0 Å². The number of piperazine rings is 1. The van der Waals surface area contributed by atoms with Crippen LogP contribution in [0.5, 0.6) is 0 Å². The fraction of sp³-hybridized carbons (Fsp3) is 0.562. The molecule has 0 unspecified atom stereocenters. The summed E-state index contributed by atoms with van der Waals surface area (Å²) in [4.78, 5) is 15.0. The molecule has 2 rings (SSSR count). The molecule has 1 saturated heterocycles. The molecule has 0 aromatic heterocycles. The zero-order chi connectivity index (χ0) is 14.8. The van der Waals surface area contributed by atoms with Crippen molar-refractivity contribution in [2.75, 3.05) is 26.2 Å². The van der Waals surface area contributed by atoms with E-state index in [0.717, 1.165) is 41.8 Å². The summed E-state index contributed by atoms with van der Waals surface area (Å²) >= 11 is 3.45. The summed E-state index contributed by atoms with van der Waals surface area (Å²) in [6, 6.07) is 5.91. The van der Waals surface area contributed by atoms with Gasteiger partial charge in [0.2, 0.25) is 0 Å². The Labute approximate surface area is 129 Å². The maximum atomic E-state index is 12.6. The van der Waals surface area contributed by atoms with Crippen LogP contribution >= 0.6 is 15.9 Å². The third-order valence-electron chi connectivity index (χ3n) is 4.07. The molecule has 110 valence electrons. The molecule has 0 radical (unpaired) electrons. The number of hydrogen-bond acceptors (Lipinski definition) is 3. The smallest absolute Gasteiger partial charge is 0.165 e. The van der Waals surface area contributed by atoms with Gasteiger partial charge < -0.3 is 5.32 Å². The van der Waals surface area contributed by atoms with Crippen molar-refractivity contribution in [1.82, 2.24) is 10.2 Å². The van der Waals surface area contributed by atoms with E-state index in [0.29, 0.717) is 6.42 Å². The van der Waals surface area contributed by atoms with Gasteiger partial charge in [-0.1, -0.05) is 22.0 Å². The fourth-order valence-electron chi connectivity index (χ4n) is 2.76. The van der Waals surface area contributed by atoms with E-state index in [4.69, 9.17) is 0 Å². The normalized spacial score (nSPS) is 17.2. The standard InChI is InChI=1S/C16H23BrN2O/c1-12-4-5-13(17)10-14(12)15(20)11-16(2,3)19-8-6-18-7-9-19/h4-5,10,18H,6-9,11H2,1-3H3. The van der Waals surface area contributed by atoms with Crippen LogP contribution in [-0.4, -0.2) is 42.4 Å². The van der Waals surface area contributed by atoms with E-state index in [1.165, 1.54) is 0 Å². The molecule has 20 heavy (non-hydrogen) atoms. The quantitative estimate of drug-likeness (QED) is 0.856. The van der Waals surface area contributed by atoms with Crippen LogP contribution in [0, 0.1) is 6.92 Å². The molecule has 1 aliphatic rings. The third kappa shape index (κ3) is 3.68. The number of halogens is 1. The minimum atomic E-state index is -0.0893. The Morgan fingerprint density at radius 1 is 1.35 bits per heavy atom. The van der Waals surface area contributed by atoms with E-state index >= 15 is 0 Å². The van der Waals surface area contributed by atoms with Crippen LogP contribution in [-0.2, 0) is 0 Å². The zero-order valence-corrected chi connectivity index (χ0v) is 14.1. The molecule has 1 aromatic carbocycles. The number of aryl methyl sites for hydroxylation is 1. The molecule has 0 atom stereocenters.